The fraction of sp³-hybridized carbons (Fsp3) is 0.500. The highest BCUT2D eigenvalue weighted by atomic mass is 32.2. The smallest absolute Gasteiger partial charge is 0.320 e. The third-order valence-electron chi connectivity index (χ3n) is 7.79. The molecule has 2 heterocycles. The minimum atomic E-state index is -0.926. The van der Waals surface area contributed by atoms with E-state index in [0.29, 0.717) is 24.4 Å². The van der Waals surface area contributed by atoms with Gasteiger partial charge in [0.05, 0.1) is 0 Å². The Hall–Kier alpha value is -2.80. The molecule has 0 aliphatic carbocycles. The van der Waals surface area contributed by atoms with Crippen molar-refractivity contribution in [1.29, 1.82) is 0 Å². The highest BCUT2D eigenvalue weighted by Crippen LogP contribution is 2.39. The normalized spacial score (nSPS) is 19.8. The number of Topliss-reactive ketones (excluding diaryl/α,β-unsaturated/α-hetero) is 2. The zero-order chi connectivity index (χ0) is 26.9. The summed E-state index contributed by atoms with van der Waals surface area (Å²) in [4.78, 5) is 44.1. The van der Waals surface area contributed by atoms with Gasteiger partial charge >= 0.3 is 6.03 Å². The summed E-state index contributed by atoms with van der Waals surface area (Å²) in [5.74, 6) is 0.281. The molecule has 0 unspecified atom stereocenters. The number of amides is 2. The number of ketones is 2. The van der Waals surface area contributed by atoms with E-state index in [1.54, 1.807) is 25.6 Å². The number of nitrogens with zero attached hydrogens (tertiary/aromatic N) is 2. The number of benzene rings is 2. The first-order valence-corrected chi connectivity index (χ1v) is 14.3. The van der Waals surface area contributed by atoms with Crippen LogP contribution in [-0.2, 0) is 4.79 Å². The van der Waals surface area contributed by atoms with Crippen LogP contribution in [0, 0.1) is 19.8 Å². The standard InChI is InChI=1S/C30H38N2O4S/c1-19-15-23(16-20(2)28(19)36-30(4,5)21(3)33)25-17-32(29(35)31-13-7-8-14-31)18-26(25)27(34)22-9-11-24(37-6)12-10-22/h9-12,15-16,25-26H,7-8,13-14,17-18H2,1-6H3/t25-,26+/m1/s1. The Labute approximate surface area is 224 Å². The topological polar surface area (TPSA) is 66.9 Å². The molecule has 2 aliphatic heterocycles. The zero-order valence-electron chi connectivity index (χ0n) is 22.8. The molecule has 0 radical (unpaired) electrons. The van der Waals surface area contributed by atoms with Crippen molar-refractivity contribution in [1.82, 2.24) is 9.80 Å². The molecule has 37 heavy (non-hydrogen) atoms. The fourth-order valence-electron chi connectivity index (χ4n) is 5.33. The Morgan fingerprint density at radius 2 is 1.54 bits per heavy atom. The lowest BCUT2D eigenvalue weighted by molar-refractivity contribution is -0.129. The molecular formula is C30H38N2O4S. The number of ether oxygens (including phenoxy) is 1. The van der Waals surface area contributed by atoms with Crippen LogP contribution in [0.15, 0.2) is 41.3 Å². The van der Waals surface area contributed by atoms with Crippen LogP contribution in [0.4, 0.5) is 4.79 Å². The van der Waals surface area contributed by atoms with E-state index < -0.39 is 5.60 Å². The first-order chi connectivity index (χ1) is 17.5. The summed E-state index contributed by atoms with van der Waals surface area (Å²) < 4.78 is 6.15. The molecule has 0 bridgehead atoms. The van der Waals surface area contributed by atoms with E-state index in [0.717, 1.165) is 47.5 Å². The minimum absolute atomic E-state index is 0.0344. The summed E-state index contributed by atoms with van der Waals surface area (Å²) in [5.41, 5.74) is 2.62. The maximum Gasteiger partial charge on any atom is 0.320 e. The quantitative estimate of drug-likeness (QED) is 0.335. The molecule has 198 valence electrons. The zero-order valence-corrected chi connectivity index (χ0v) is 23.6. The molecule has 2 aliphatic rings. The SMILES string of the molecule is CSc1ccc(C(=O)[C@H]2CN(C(=O)N3CCCC3)C[C@@H]2c2cc(C)c(OC(C)(C)C(C)=O)c(C)c2)cc1. The highest BCUT2D eigenvalue weighted by Gasteiger charge is 2.42. The molecule has 4 rings (SSSR count). The number of carbonyl (C=O) groups excluding carboxylic acids is 3. The predicted molar refractivity (Wildman–Crippen MR) is 148 cm³/mol. The summed E-state index contributed by atoms with van der Waals surface area (Å²) in [6, 6.07) is 11.9. The maximum atomic E-state index is 13.8. The van der Waals surface area contributed by atoms with Gasteiger partial charge in [0.15, 0.2) is 17.2 Å². The molecule has 2 saturated heterocycles. The van der Waals surface area contributed by atoms with Crippen LogP contribution >= 0.6 is 11.8 Å². The van der Waals surface area contributed by atoms with Crippen LogP contribution in [-0.4, -0.2) is 65.4 Å². The lowest BCUT2D eigenvalue weighted by Crippen LogP contribution is -2.40. The largest absolute Gasteiger partial charge is 0.480 e. The Balaban J connectivity index is 1.67. The number of hydrogen-bond acceptors (Lipinski definition) is 5. The molecule has 6 nitrogen and oxygen atoms in total. The van der Waals surface area contributed by atoms with Crippen molar-refractivity contribution in [3.8, 4) is 5.75 Å². The van der Waals surface area contributed by atoms with Crippen LogP contribution in [0.1, 0.15) is 66.6 Å². The number of urea groups is 1. The van der Waals surface area contributed by atoms with Crippen molar-refractivity contribution in [2.75, 3.05) is 32.4 Å². The van der Waals surface area contributed by atoms with Crippen molar-refractivity contribution < 1.29 is 19.1 Å². The van der Waals surface area contributed by atoms with Gasteiger partial charge in [0.1, 0.15) is 5.75 Å². The predicted octanol–water partition coefficient (Wildman–Crippen LogP) is 5.89. The van der Waals surface area contributed by atoms with E-state index in [4.69, 9.17) is 4.74 Å². The first kappa shape index (κ1) is 27.2. The van der Waals surface area contributed by atoms with Crippen molar-refractivity contribution in [2.45, 2.75) is 63.9 Å². The monoisotopic (exact) mass is 522 g/mol. The molecule has 2 amide bonds. The Morgan fingerprint density at radius 3 is 2.08 bits per heavy atom. The van der Waals surface area contributed by atoms with E-state index in [1.165, 1.54) is 6.92 Å². The molecule has 2 fully saturated rings. The summed E-state index contributed by atoms with van der Waals surface area (Å²) in [5, 5.41) is 0. The van der Waals surface area contributed by atoms with Gasteiger partial charge in [-0.2, -0.15) is 0 Å². The first-order valence-electron chi connectivity index (χ1n) is 13.0. The van der Waals surface area contributed by atoms with E-state index in [9.17, 15) is 14.4 Å². The molecule has 0 spiro atoms. The summed E-state index contributed by atoms with van der Waals surface area (Å²) in [7, 11) is 0. The molecular weight excluding hydrogens is 484 g/mol. The third-order valence-corrected chi connectivity index (χ3v) is 8.54. The van der Waals surface area contributed by atoms with Gasteiger partial charge < -0.3 is 14.5 Å². The van der Waals surface area contributed by atoms with Gasteiger partial charge in [0, 0.05) is 48.5 Å². The van der Waals surface area contributed by atoms with E-state index in [-0.39, 0.29) is 29.4 Å². The summed E-state index contributed by atoms with van der Waals surface area (Å²) in [6.45, 7) is 11.5. The van der Waals surface area contributed by atoms with Crippen molar-refractivity contribution in [2.24, 2.45) is 5.92 Å². The van der Waals surface area contributed by atoms with Gasteiger partial charge in [-0.3, -0.25) is 9.59 Å². The van der Waals surface area contributed by atoms with Gasteiger partial charge in [-0.15, -0.1) is 11.8 Å². The molecule has 7 heteroatoms. The van der Waals surface area contributed by atoms with Crippen molar-refractivity contribution >= 4 is 29.4 Å². The van der Waals surface area contributed by atoms with Gasteiger partial charge in [0.25, 0.3) is 0 Å². The van der Waals surface area contributed by atoms with Crippen LogP contribution in [0.2, 0.25) is 0 Å². The second-order valence-electron chi connectivity index (χ2n) is 10.8. The Kier molecular flexibility index (Phi) is 8.02. The average Bonchev–Trinajstić information content (AvgIpc) is 3.56. The highest BCUT2D eigenvalue weighted by molar-refractivity contribution is 7.98. The minimum Gasteiger partial charge on any atom is -0.480 e. The second-order valence-corrected chi connectivity index (χ2v) is 11.7. The molecule has 2 aromatic carbocycles. The molecule has 2 aromatic rings. The van der Waals surface area contributed by atoms with Gasteiger partial charge in [-0.25, -0.2) is 4.79 Å². The van der Waals surface area contributed by atoms with Gasteiger partial charge in [0.2, 0.25) is 0 Å². The van der Waals surface area contributed by atoms with Crippen LogP contribution in [0.3, 0.4) is 0 Å². The van der Waals surface area contributed by atoms with Crippen LogP contribution in [0.25, 0.3) is 0 Å². The van der Waals surface area contributed by atoms with Crippen LogP contribution < -0.4 is 4.74 Å². The lowest BCUT2D eigenvalue weighted by Gasteiger charge is -2.27. The Morgan fingerprint density at radius 1 is 0.946 bits per heavy atom. The summed E-state index contributed by atoms with van der Waals surface area (Å²) in [6.07, 6.45) is 4.08. The second kappa shape index (κ2) is 10.9. The number of aryl methyl sites for hydroxylation is 2. The van der Waals surface area contributed by atoms with E-state index in [2.05, 4.69) is 12.1 Å². The average molecular weight is 523 g/mol. The number of rotatable bonds is 7. The number of likely N-dealkylation sites (tertiary alicyclic amines) is 2. The molecule has 2 atom stereocenters. The Bertz CT molecular complexity index is 1160. The molecule has 0 saturated carbocycles. The molecule has 0 N–H and O–H groups in total. The van der Waals surface area contributed by atoms with Gasteiger partial charge in [-0.05, 0) is 82.5 Å². The number of carbonyl (C=O) groups is 3. The number of hydrogen-bond donors (Lipinski definition) is 0. The van der Waals surface area contributed by atoms with Crippen molar-refractivity contribution in [3.05, 3.63) is 58.7 Å². The summed E-state index contributed by atoms with van der Waals surface area (Å²) >= 11 is 1.64. The van der Waals surface area contributed by atoms with Crippen molar-refractivity contribution in [3.63, 3.8) is 0 Å². The number of thioether (sulfide) groups is 1. The fourth-order valence-corrected chi connectivity index (χ4v) is 5.74. The van der Waals surface area contributed by atoms with E-state index >= 15 is 0 Å². The third kappa shape index (κ3) is 5.71. The maximum absolute atomic E-state index is 13.8. The lowest BCUT2D eigenvalue weighted by atomic mass is 9.82. The van der Waals surface area contributed by atoms with Gasteiger partial charge in [-0.1, -0.05) is 24.3 Å². The molecule has 0 aromatic heterocycles. The van der Waals surface area contributed by atoms with Crippen LogP contribution in [0.5, 0.6) is 5.75 Å². The van der Waals surface area contributed by atoms with E-state index in [1.807, 2.05) is 54.2 Å².